The lowest BCUT2D eigenvalue weighted by Crippen LogP contribution is -2.50. The van der Waals surface area contributed by atoms with Crippen LogP contribution >= 0.6 is 0 Å². The molecule has 0 aromatic carbocycles. The number of nitrogens with zero attached hydrogens (tertiary/aromatic N) is 1. The van der Waals surface area contributed by atoms with Crippen LogP contribution in [0.3, 0.4) is 0 Å². The first-order valence-electron chi connectivity index (χ1n) is 4.67. The van der Waals surface area contributed by atoms with Gasteiger partial charge in [0.25, 0.3) is 0 Å². The minimum absolute atomic E-state index is 0.0953. The van der Waals surface area contributed by atoms with E-state index < -0.39 is 21.6 Å². The number of hydrogen-bond acceptors (Lipinski definition) is 3. The first kappa shape index (κ1) is 14.0. The van der Waals surface area contributed by atoms with Gasteiger partial charge < -0.3 is 10.0 Å². The third-order valence-electron chi connectivity index (χ3n) is 2.38. The zero-order valence-corrected chi connectivity index (χ0v) is 9.38. The topological polar surface area (TPSA) is 86.7 Å². The number of carboxylic acid groups (broad SMARTS) is 1. The van der Waals surface area contributed by atoms with Crippen LogP contribution in [0.15, 0.2) is 0 Å². The van der Waals surface area contributed by atoms with E-state index in [1.807, 2.05) is 0 Å². The van der Waals surface area contributed by atoms with E-state index in [1.54, 1.807) is 0 Å². The zero-order valence-electron chi connectivity index (χ0n) is 8.57. The number of likely N-dealkylation sites (tertiary alicyclic amines) is 1. The fraction of sp³-hybridized carbons (Fsp3) is 0.857. The molecule has 0 saturated carbocycles. The molecule has 0 atom stereocenters. The van der Waals surface area contributed by atoms with Gasteiger partial charge in [-0.15, -0.1) is 0 Å². The first-order valence-corrected chi connectivity index (χ1v) is 6.15. The van der Waals surface area contributed by atoms with E-state index in [-0.39, 0.29) is 32.0 Å². The van der Waals surface area contributed by atoms with Gasteiger partial charge in [0.05, 0.1) is 0 Å². The van der Waals surface area contributed by atoms with Gasteiger partial charge in [-0.1, -0.05) is 0 Å². The fourth-order valence-corrected chi connectivity index (χ4v) is 1.94. The van der Waals surface area contributed by atoms with Gasteiger partial charge in [-0.2, -0.15) is 13.2 Å². The fourth-order valence-electron chi connectivity index (χ4n) is 1.39. The number of carbonyl (C=O) groups is 1. The smallest absolute Gasteiger partial charge is 0.465 e. The molecule has 2 N–H and O–H groups in total. The molecule has 10 heteroatoms. The highest BCUT2D eigenvalue weighted by Gasteiger charge is 2.45. The van der Waals surface area contributed by atoms with Crippen molar-refractivity contribution >= 4 is 16.1 Å². The summed E-state index contributed by atoms with van der Waals surface area (Å²) in [6.45, 7) is 0.103. The maximum Gasteiger partial charge on any atom is 0.511 e. The molecule has 1 saturated heterocycles. The van der Waals surface area contributed by atoms with E-state index in [0.717, 1.165) is 4.90 Å². The number of halogens is 3. The monoisotopic (exact) mass is 276 g/mol. The lowest BCUT2D eigenvalue weighted by atomic mass is 9.97. The number of alkyl halides is 3. The number of sulfonamides is 1. The van der Waals surface area contributed by atoms with Gasteiger partial charge >= 0.3 is 21.6 Å². The molecule has 1 aliphatic rings. The van der Waals surface area contributed by atoms with Crippen LogP contribution in [0.1, 0.15) is 6.42 Å². The predicted molar refractivity (Wildman–Crippen MR) is 50.7 cm³/mol. The molecule has 1 fully saturated rings. The summed E-state index contributed by atoms with van der Waals surface area (Å²) in [4.78, 5) is 11.5. The van der Waals surface area contributed by atoms with Gasteiger partial charge in [0.1, 0.15) is 0 Å². The van der Waals surface area contributed by atoms with E-state index >= 15 is 0 Å². The molecule has 17 heavy (non-hydrogen) atoms. The largest absolute Gasteiger partial charge is 0.511 e. The van der Waals surface area contributed by atoms with Crippen LogP contribution in [0.2, 0.25) is 0 Å². The molecule has 0 bridgehead atoms. The Morgan fingerprint density at radius 2 is 1.94 bits per heavy atom. The summed E-state index contributed by atoms with van der Waals surface area (Å²) in [5, 5.41) is 8.48. The van der Waals surface area contributed by atoms with E-state index in [0.29, 0.717) is 0 Å². The lowest BCUT2D eigenvalue weighted by Gasteiger charge is -2.37. The molecule has 0 aromatic heterocycles. The normalized spacial score (nSPS) is 17.9. The van der Waals surface area contributed by atoms with Crippen LogP contribution in [0.5, 0.6) is 0 Å². The summed E-state index contributed by atoms with van der Waals surface area (Å²) in [5.41, 5.74) is -5.31. The van der Waals surface area contributed by atoms with Crippen LogP contribution in [0, 0.1) is 5.92 Å². The molecule has 0 aliphatic carbocycles. The van der Waals surface area contributed by atoms with Crippen molar-refractivity contribution in [2.24, 2.45) is 5.92 Å². The molecular formula is C7H11F3N2O4S. The molecule has 1 amide bonds. The number of hydrogen-bond donors (Lipinski definition) is 2. The maximum absolute atomic E-state index is 11.9. The summed E-state index contributed by atoms with van der Waals surface area (Å²) in [6.07, 6.45) is -0.906. The Morgan fingerprint density at radius 3 is 2.35 bits per heavy atom. The van der Waals surface area contributed by atoms with Crippen molar-refractivity contribution < 1.29 is 31.5 Å². The summed E-state index contributed by atoms with van der Waals surface area (Å²) in [5.74, 6) is -0.0953. The quantitative estimate of drug-likeness (QED) is 0.779. The molecule has 0 spiro atoms. The Kier molecular flexibility index (Phi) is 3.87. The van der Waals surface area contributed by atoms with Crippen LogP contribution in [-0.4, -0.2) is 49.7 Å². The third-order valence-corrected chi connectivity index (χ3v) is 3.57. The van der Waals surface area contributed by atoms with E-state index in [1.165, 1.54) is 4.72 Å². The molecular weight excluding hydrogens is 265 g/mol. The molecule has 6 nitrogen and oxygen atoms in total. The van der Waals surface area contributed by atoms with Gasteiger partial charge in [-0.3, -0.25) is 0 Å². The molecule has 0 aromatic rings. The van der Waals surface area contributed by atoms with Crippen molar-refractivity contribution in [3.05, 3.63) is 0 Å². The second-order valence-electron chi connectivity index (χ2n) is 3.69. The minimum atomic E-state index is -5.31. The molecule has 1 aliphatic heterocycles. The average molecular weight is 276 g/mol. The molecule has 1 heterocycles. The zero-order chi connectivity index (χ0) is 13.3. The minimum Gasteiger partial charge on any atom is -0.465 e. The summed E-state index contributed by atoms with van der Waals surface area (Å²) < 4.78 is 58.2. The van der Waals surface area contributed by atoms with E-state index in [9.17, 15) is 26.4 Å². The van der Waals surface area contributed by atoms with Crippen molar-refractivity contribution in [2.75, 3.05) is 19.6 Å². The Morgan fingerprint density at radius 1 is 1.41 bits per heavy atom. The van der Waals surface area contributed by atoms with Gasteiger partial charge in [0.2, 0.25) is 0 Å². The molecule has 0 unspecified atom stereocenters. The summed E-state index contributed by atoms with van der Waals surface area (Å²) >= 11 is 0. The van der Waals surface area contributed by atoms with Gasteiger partial charge in [0, 0.05) is 19.6 Å². The summed E-state index contributed by atoms with van der Waals surface area (Å²) in [6, 6.07) is 0. The highest BCUT2D eigenvalue weighted by atomic mass is 32.2. The SMILES string of the molecule is O=C(O)N1CC(CCNS(=O)(=O)C(F)(F)F)C1. The molecule has 0 radical (unpaired) electrons. The average Bonchev–Trinajstić information content (AvgIpc) is 2.05. The van der Waals surface area contributed by atoms with Crippen molar-refractivity contribution in [2.45, 2.75) is 11.9 Å². The Hall–Kier alpha value is -1.03. The number of rotatable bonds is 4. The Labute approximate surface area is 95.4 Å². The maximum atomic E-state index is 11.9. The van der Waals surface area contributed by atoms with Crippen molar-refractivity contribution in [3.63, 3.8) is 0 Å². The number of nitrogens with one attached hydrogen (secondary N) is 1. The molecule has 1 rings (SSSR count). The van der Waals surface area contributed by atoms with Crippen LogP contribution in [0.4, 0.5) is 18.0 Å². The van der Waals surface area contributed by atoms with Crippen LogP contribution < -0.4 is 4.72 Å². The summed E-state index contributed by atoms with van der Waals surface area (Å²) in [7, 11) is -5.29. The molecule has 100 valence electrons. The van der Waals surface area contributed by atoms with Crippen molar-refractivity contribution in [1.82, 2.24) is 9.62 Å². The lowest BCUT2D eigenvalue weighted by molar-refractivity contribution is -0.0448. The van der Waals surface area contributed by atoms with Crippen molar-refractivity contribution in [1.29, 1.82) is 0 Å². The highest BCUT2D eigenvalue weighted by Crippen LogP contribution is 2.22. The van der Waals surface area contributed by atoms with E-state index in [2.05, 4.69) is 0 Å². The predicted octanol–water partition coefficient (Wildman–Crippen LogP) is 0.426. The first-order chi connectivity index (χ1) is 7.63. The van der Waals surface area contributed by atoms with Crippen LogP contribution in [0.25, 0.3) is 0 Å². The van der Waals surface area contributed by atoms with Gasteiger partial charge in [-0.25, -0.2) is 17.9 Å². The highest BCUT2D eigenvalue weighted by molar-refractivity contribution is 7.90. The van der Waals surface area contributed by atoms with Gasteiger partial charge in [0.15, 0.2) is 0 Å². The van der Waals surface area contributed by atoms with Crippen LogP contribution in [-0.2, 0) is 10.0 Å². The second kappa shape index (κ2) is 4.69. The van der Waals surface area contributed by atoms with Gasteiger partial charge in [-0.05, 0) is 12.3 Å². The Bertz CT molecular complexity index is 388. The van der Waals surface area contributed by atoms with E-state index in [4.69, 9.17) is 5.11 Å². The van der Waals surface area contributed by atoms with Crippen molar-refractivity contribution in [3.8, 4) is 0 Å². The standard InChI is InChI=1S/C7H11F3N2O4S/c8-7(9,10)17(15,16)11-2-1-5-3-12(4-5)6(13)14/h5,11H,1-4H2,(H,13,14). The number of amides is 1. The Balaban J connectivity index is 2.25. The second-order valence-corrected chi connectivity index (χ2v) is 5.44. The third kappa shape index (κ3) is 3.46.